The number of fused-ring (bicyclic) bond motifs is 1. The monoisotopic (exact) mass is 319 g/mol. The van der Waals surface area contributed by atoms with Gasteiger partial charge in [0, 0.05) is 11.9 Å². The van der Waals surface area contributed by atoms with Crippen LogP contribution in [0.25, 0.3) is 10.9 Å². The molecular formula is C14H17N5O2S. The van der Waals surface area contributed by atoms with Crippen molar-refractivity contribution in [2.24, 2.45) is 0 Å². The minimum Gasteiger partial charge on any atom is -0.360 e. The first-order chi connectivity index (χ1) is 10.5. The molecule has 0 unspecified atom stereocenters. The second-order valence-corrected chi connectivity index (χ2v) is 6.43. The van der Waals surface area contributed by atoms with Crippen molar-refractivity contribution in [3.63, 3.8) is 0 Å². The standard InChI is InChI=1S/C14H17N5O2S/c1-8-12-9(2)21-17-13(12)14(20)19(16-8)7-18(4)5-11-6-22-10(3)15-11/h6H,5,7H2,1-4H3. The summed E-state index contributed by atoms with van der Waals surface area (Å²) in [7, 11) is 1.93. The summed E-state index contributed by atoms with van der Waals surface area (Å²) in [5, 5.41) is 12.0. The molecule has 3 heterocycles. The van der Waals surface area contributed by atoms with E-state index < -0.39 is 0 Å². The molecule has 0 bridgehead atoms. The van der Waals surface area contributed by atoms with Gasteiger partial charge in [-0.05, 0) is 27.8 Å². The number of rotatable bonds is 4. The number of nitrogens with zero attached hydrogens (tertiary/aromatic N) is 5. The fourth-order valence-electron chi connectivity index (χ4n) is 2.47. The van der Waals surface area contributed by atoms with E-state index in [0.717, 1.165) is 16.4 Å². The molecule has 0 N–H and O–H groups in total. The van der Waals surface area contributed by atoms with Gasteiger partial charge in [-0.15, -0.1) is 11.3 Å². The fraction of sp³-hybridized carbons (Fsp3) is 0.429. The Labute approximate surface area is 131 Å². The van der Waals surface area contributed by atoms with Gasteiger partial charge in [0.25, 0.3) is 5.56 Å². The highest BCUT2D eigenvalue weighted by Gasteiger charge is 2.16. The molecule has 0 saturated carbocycles. The molecule has 0 aliphatic rings. The predicted octanol–water partition coefficient (Wildman–Crippen LogP) is 1.86. The Morgan fingerprint density at radius 1 is 1.36 bits per heavy atom. The lowest BCUT2D eigenvalue weighted by atomic mass is 10.2. The summed E-state index contributed by atoms with van der Waals surface area (Å²) in [6.07, 6.45) is 0. The maximum Gasteiger partial charge on any atom is 0.298 e. The first kappa shape index (κ1) is 14.9. The van der Waals surface area contributed by atoms with E-state index in [0.29, 0.717) is 29.9 Å². The average molecular weight is 319 g/mol. The number of thiazole rings is 1. The van der Waals surface area contributed by atoms with Crippen molar-refractivity contribution in [2.75, 3.05) is 7.05 Å². The summed E-state index contributed by atoms with van der Waals surface area (Å²) in [6, 6.07) is 0. The zero-order valence-electron chi connectivity index (χ0n) is 13.0. The van der Waals surface area contributed by atoms with E-state index in [1.54, 1.807) is 18.3 Å². The lowest BCUT2D eigenvalue weighted by Crippen LogP contribution is -2.32. The molecule has 0 atom stereocenters. The number of aromatic nitrogens is 4. The van der Waals surface area contributed by atoms with E-state index in [1.807, 2.05) is 31.2 Å². The quantitative estimate of drug-likeness (QED) is 0.730. The van der Waals surface area contributed by atoms with E-state index in [4.69, 9.17) is 4.52 Å². The van der Waals surface area contributed by atoms with Crippen LogP contribution in [-0.2, 0) is 13.2 Å². The Balaban J connectivity index is 1.87. The lowest BCUT2D eigenvalue weighted by Gasteiger charge is -2.16. The summed E-state index contributed by atoms with van der Waals surface area (Å²) in [6.45, 7) is 6.65. The molecule has 0 fully saturated rings. The van der Waals surface area contributed by atoms with Gasteiger partial charge in [0.2, 0.25) is 0 Å². The van der Waals surface area contributed by atoms with Crippen molar-refractivity contribution < 1.29 is 4.52 Å². The van der Waals surface area contributed by atoms with E-state index >= 15 is 0 Å². The summed E-state index contributed by atoms with van der Waals surface area (Å²) in [5.41, 5.74) is 1.83. The Kier molecular flexibility index (Phi) is 3.79. The number of hydrogen-bond donors (Lipinski definition) is 0. The molecule has 7 nitrogen and oxygen atoms in total. The molecule has 0 aliphatic carbocycles. The third-order valence-corrected chi connectivity index (χ3v) is 4.23. The molecule has 0 saturated heterocycles. The van der Waals surface area contributed by atoms with Crippen LogP contribution in [0.3, 0.4) is 0 Å². The van der Waals surface area contributed by atoms with Gasteiger partial charge in [-0.3, -0.25) is 9.69 Å². The number of hydrogen-bond acceptors (Lipinski definition) is 7. The van der Waals surface area contributed by atoms with E-state index in [-0.39, 0.29) is 5.56 Å². The first-order valence-corrected chi connectivity index (χ1v) is 7.77. The molecular weight excluding hydrogens is 302 g/mol. The van der Waals surface area contributed by atoms with Gasteiger partial charge >= 0.3 is 0 Å². The third kappa shape index (κ3) is 2.67. The fourth-order valence-corrected chi connectivity index (χ4v) is 3.08. The average Bonchev–Trinajstić information content (AvgIpc) is 3.02. The Hall–Kier alpha value is -2.06. The van der Waals surface area contributed by atoms with Crippen molar-refractivity contribution in [3.05, 3.63) is 37.9 Å². The second-order valence-electron chi connectivity index (χ2n) is 5.37. The van der Waals surface area contributed by atoms with Gasteiger partial charge in [0.05, 0.1) is 28.5 Å². The highest BCUT2D eigenvalue weighted by Crippen LogP contribution is 2.16. The zero-order chi connectivity index (χ0) is 15.9. The van der Waals surface area contributed by atoms with Gasteiger partial charge in [-0.1, -0.05) is 5.16 Å². The van der Waals surface area contributed by atoms with Gasteiger partial charge in [0.15, 0.2) is 5.52 Å². The highest BCUT2D eigenvalue weighted by molar-refractivity contribution is 7.09. The van der Waals surface area contributed by atoms with Crippen LogP contribution in [0.5, 0.6) is 0 Å². The van der Waals surface area contributed by atoms with Crippen LogP contribution in [0.15, 0.2) is 14.7 Å². The Morgan fingerprint density at radius 2 is 2.14 bits per heavy atom. The van der Waals surface area contributed by atoms with Crippen LogP contribution in [0, 0.1) is 20.8 Å². The first-order valence-electron chi connectivity index (χ1n) is 6.89. The third-order valence-electron chi connectivity index (χ3n) is 3.41. The van der Waals surface area contributed by atoms with Crippen molar-refractivity contribution in [2.45, 2.75) is 34.0 Å². The highest BCUT2D eigenvalue weighted by atomic mass is 32.1. The molecule has 3 rings (SSSR count). The molecule has 3 aromatic rings. The van der Waals surface area contributed by atoms with Crippen LogP contribution in [0.4, 0.5) is 0 Å². The van der Waals surface area contributed by atoms with Gasteiger partial charge in [-0.2, -0.15) is 5.10 Å². The molecule has 0 aromatic carbocycles. The molecule has 116 valence electrons. The van der Waals surface area contributed by atoms with Gasteiger partial charge < -0.3 is 4.52 Å². The van der Waals surface area contributed by atoms with Crippen molar-refractivity contribution >= 4 is 22.2 Å². The minimum absolute atomic E-state index is 0.237. The van der Waals surface area contributed by atoms with Crippen LogP contribution >= 0.6 is 11.3 Å². The van der Waals surface area contributed by atoms with E-state index in [2.05, 4.69) is 15.2 Å². The molecule has 0 amide bonds. The van der Waals surface area contributed by atoms with Crippen molar-refractivity contribution in [1.82, 2.24) is 24.8 Å². The smallest absolute Gasteiger partial charge is 0.298 e. The minimum atomic E-state index is -0.237. The largest absolute Gasteiger partial charge is 0.360 e. The summed E-state index contributed by atoms with van der Waals surface area (Å²) < 4.78 is 6.52. The van der Waals surface area contributed by atoms with Crippen molar-refractivity contribution in [1.29, 1.82) is 0 Å². The van der Waals surface area contributed by atoms with Crippen LogP contribution in [-0.4, -0.2) is 31.9 Å². The summed E-state index contributed by atoms with van der Waals surface area (Å²) in [5.74, 6) is 0.621. The van der Waals surface area contributed by atoms with Crippen molar-refractivity contribution in [3.8, 4) is 0 Å². The number of aryl methyl sites for hydroxylation is 3. The van der Waals surface area contributed by atoms with E-state index in [1.165, 1.54) is 4.68 Å². The molecule has 8 heteroatoms. The SMILES string of the molecule is Cc1nc(CN(C)Cn2nc(C)c3c(C)onc3c2=O)cs1. The molecule has 0 aliphatic heterocycles. The topological polar surface area (TPSA) is 77.1 Å². The summed E-state index contributed by atoms with van der Waals surface area (Å²) in [4.78, 5) is 18.8. The normalized spacial score (nSPS) is 11.7. The molecule has 22 heavy (non-hydrogen) atoms. The van der Waals surface area contributed by atoms with Gasteiger partial charge in [-0.25, -0.2) is 9.67 Å². The molecule has 0 spiro atoms. The maximum absolute atomic E-state index is 12.4. The summed E-state index contributed by atoms with van der Waals surface area (Å²) >= 11 is 1.62. The molecule has 3 aromatic heterocycles. The predicted molar refractivity (Wildman–Crippen MR) is 83.9 cm³/mol. The Bertz CT molecular complexity index is 879. The van der Waals surface area contributed by atoms with Crippen LogP contribution < -0.4 is 5.56 Å². The maximum atomic E-state index is 12.4. The Morgan fingerprint density at radius 3 is 2.82 bits per heavy atom. The van der Waals surface area contributed by atoms with E-state index in [9.17, 15) is 4.79 Å². The van der Waals surface area contributed by atoms with Crippen LogP contribution in [0.2, 0.25) is 0 Å². The zero-order valence-corrected chi connectivity index (χ0v) is 13.8. The lowest BCUT2D eigenvalue weighted by molar-refractivity contribution is 0.238. The second kappa shape index (κ2) is 5.62. The van der Waals surface area contributed by atoms with Crippen LogP contribution in [0.1, 0.15) is 22.2 Å². The van der Waals surface area contributed by atoms with Gasteiger partial charge in [0.1, 0.15) is 5.76 Å². The molecule has 0 radical (unpaired) electrons.